The van der Waals surface area contributed by atoms with Crippen LogP contribution in [-0.2, 0) is 14.8 Å². The third kappa shape index (κ3) is 5.61. The van der Waals surface area contributed by atoms with Gasteiger partial charge in [-0.25, -0.2) is 17.2 Å². The first kappa shape index (κ1) is 25.3. The van der Waals surface area contributed by atoms with Gasteiger partial charge in [-0.1, -0.05) is 13.8 Å². The number of aliphatic hydroxyl groups excluding tert-OH is 1. The van der Waals surface area contributed by atoms with Crippen LogP contribution in [0.1, 0.15) is 60.3 Å². The number of nitrogens with zero attached hydrogens (tertiary/aromatic N) is 1. The van der Waals surface area contributed by atoms with Crippen molar-refractivity contribution >= 4 is 15.7 Å². The molecule has 1 aromatic carbocycles. The molecule has 0 radical (unpaired) electrons. The molecule has 1 saturated heterocycles. The number of benzene rings is 1. The smallest absolute Gasteiger partial charge is 0.243 e. The summed E-state index contributed by atoms with van der Waals surface area (Å²) in [7, 11) is -4.06. The van der Waals surface area contributed by atoms with Crippen LogP contribution in [0.2, 0.25) is 0 Å². The first-order chi connectivity index (χ1) is 14.7. The fourth-order valence-electron chi connectivity index (χ4n) is 4.45. The summed E-state index contributed by atoms with van der Waals surface area (Å²) in [6.07, 6.45) is 2.08. The SMILES string of the molecule is CC(C)C(O)C1(CNc2c(F)cc(S(=O)(=O)N3CCC[C@@H](OC(C)(C)C)C3)cc2F)CC1. The minimum Gasteiger partial charge on any atom is -0.392 e. The van der Waals surface area contributed by atoms with Crippen LogP contribution in [0.3, 0.4) is 0 Å². The molecule has 0 amide bonds. The highest BCUT2D eigenvalue weighted by Gasteiger charge is 2.49. The molecule has 2 aliphatic rings. The van der Waals surface area contributed by atoms with Gasteiger partial charge < -0.3 is 15.2 Å². The van der Waals surface area contributed by atoms with E-state index < -0.39 is 43.7 Å². The van der Waals surface area contributed by atoms with Gasteiger partial charge in [0.25, 0.3) is 0 Å². The van der Waals surface area contributed by atoms with Crippen LogP contribution in [0.15, 0.2) is 17.0 Å². The zero-order valence-corrected chi connectivity index (χ0v) is 20.4. The topological polar surface area (TPSA) is 78.9 Å². The third-order valence-corrected chi connectivity index (χ3v) is 8.13. The monoisotopic (exact) mass is 474 g/mol. The summed E-state index contributed by atoms with van der Waals surface area (Å²) in [5.74, 6) is -1.88. The van der Waals surface area contributed by atoms with Gasteiger partial charge in [-0.2, -0.15) is 4.31 Å². The molecule has 1 aliphatic heterocycles. The second-order valence-electron chi connectivity index (χ2n) is 10.5. The maximum absolute atomic E-state index is 14.8. The van der Waals surface area contributed by atoms with Crippen LogP contribution in [0.25, 0.3) is 0 Å². The largest absolute Gasteiger partial charge is 0.392 e. The molecule has 1 aliphatic carbocycles. The number of halogens is 2. The second-order valence-corrected chi connectivity index (χ2v) is 12.5. The van der Waals surface area contributed by atoms with Gasteiger partial charge in [-0.15, -0.1) is 0 Å². The van der Waals surface area contributed by atoms with Gasteiger partial charge in [-0.05, 0) is 64.5 Å². The molecular weight excluding hydrogens is 438 g/mol. The van der Waals surface area contributed by atoms with Crippen molar-refractivity contribution in [2.24, 2.45) is 11.3 Å². The molecule has 3 rings (SSSR count). The first-order valence-corrected chi connectivity index (χ1v) is 12.8. The van der Waals surface area contributed by atoms with Gasteiger partial charge in [0, 0.05) is 25.0 Å². The van der Waals surface area contributed by atoms with E-state index in [1.54, 1.807) is 0 Å². The van der Waals surface area contributed by atoms with Crippen molar-refractivity contribution in [1.82, 2.24) is 4.31 Å². The average molecular weight is 475 g/mol. The van der Waals surface area contributed by atoms with Crippen molar-refractivity contribution in [3.8, 4) is 0 Å². The van der Waals surface area contributed by atoms with Gasteiger partial charge in [-0.3, -0.25) is 0 Å². The van der Waals surface area contributed by atoms with Crippen molar-refractivity contribution in [3.05, 3.63) is 23.8 Å². The Morgan fingerprint density at radius 1 is 1.25 bits per heavy atom. The van der Waals surface area contributed by atoms with Crippen molar-refractivity contribution in [2.45, 2.75) is 83.0 Å². The highest BCUT2D eigenvalue weighted by atomic mass is 32.2. The second kappa shape index (κ2) is 9.16. The summed E-state index contributed by atoms with van der Waals surface area (Å²) in [6.45, 7) is 10.2. The number of hydrogen-bond acceptors (Lipinski definition) is 5. The highest BCUT2D eigenvalue weighted by Crippen LogP contribution is 2.50. The van der Waals surface area contributed by atoms with Crippen LogP contribution >= 0.6 is 0 Å². The summed E-state index contributed by atoms with van der Waals surface area (Å²) < 4.78 is 62.9. The maximum atomic E-state index is 14.8. The average Bonchev–Trinajstić information content (AvgIpc) is 3.46. The Morgan fingerprint density at radius 2 is 1.84 bits per heavy atom. The van der Waals surface area contributed by atoms with E-state index in [9.17, 15) is 22.3 Å². The number of piperidine rings is 1. The molecule has 2 atom stereocenters. The van der Waals surface area contributed by atoms with E-state index in [0.29, 0.717) is 6.42 Å². The van der Waals surface area contributed by atoms with Crippen LogP contribution < -0.4 is 5.32 Å². The zero-order valence-electron chi connectivity index (χ0n) is 19.6. The Labute approximate surface area is 190 Å². The molecule has 1 saturated carbocycles. The highest BCUT2D eigenvalue weighted by molar-refractivity contribution is 7.89. The zero-order chi connectivity index (χ0) is 23.9. The molecule has 0 bridgehead atoms. The predicted molar refractivity (Wildman–Crippen MR) is 120 cm³/mol. The number of rotatable bonds is 8. The van der Waals surface area contributed by atoms with Crippen LogP contribution in [0, 0.1) is 23.0 Å². The molecule has 2 N–H and O–H groups in total. The molecule has 32 heavy (non-hydrogen) atoms. The molecule has 6 nitrogen and oxygen atoms in total. The Hall–Kier alpha value is -1.29. The Kier molecular flexibility index (Phi) is 7.25. The van der Waals surface area contributed by atoms with Crippen molar-refractivity contribution in [2.75, 3.05) is 25.0 Å². The Morgan fingerprint density at radius 3 is 2.34 bits per heavy atom. The Bertz CT molecular complexity index is 903. The van der Waals surface area contributed by atoms with E-state index in [0.717, 1.165) is 31.4 Å². The van der Waals surface area contributed by atoms with Gasteiger partial charge in [0.05, 0.1) is 22.7 Å². The lowest BCUT2D eigenvalue weighted by atomic mass is 9.90. The lowest BCUT2D eigenvalue weighted by Crippen LogP contribution is -2.45. The number of anilines is 1. The minimum atomic E-state index is -4.06. The first-order valence-electron chi connectivity index (χ1n) is 11.3. The minimum absolute atomic E-state index is 0.0390. The van der Waals surface area contributed by atoms with E-state index >= 15 is 0 Å². The van der Waals surface area contributed by atoms with E-state index in [1.807, 2.05) is 34.6 Å². The van der Waals surface area contributed by atoms with Crippen LogP contribution in [0.4, 0.5) is 14.5 Å². The lowest BCUT2D eigenvalue weighted by Gasteiger charge is -2.35. The summed E-state index contributed by atoms with van der Waals surface area (Å²) in [5.41, 5.74) is -1.17. The number of ether oxygens (including phenoxy) is 1. The van der Waals surface area contributed by atoms with Gasteiger partial charge >= 0.3 is 0 Å². The summed E-state index contributed by atoms with van der Waals surface area (Å²) in [5, 5.41) is 13.2. The fourth-order valence-corrected chi connectivity index (χ4v) is 5.98. The third-order valence-electron chi connectivity index (χ3n) is 6.28. The molecular formula is C23H36F2N2O4S. The number of aliphatic hydroxyl groups is 1. The molecule has 0 aromatic heterocycles. The molecule has 182 valence electrons. The molecule has 1 heterocycles. The lowest BCUT2D eigenvalue weighted by molar-refractivity contribution is -0.0769. The van der Waals surface area contributed by atoms with Gasteiger partial charge in [0.2, 0.25) is 10.0 Å². The molecule has 9 heteroatoms. The van der Waals surface area contributed by atoms with E-state index in [1.165, 1.54) is 4.31 Å². The number of nitrogens with one attached hydrogen (secondary N) is 1. The molecule has 2 fully saturated rings. The fraction of sp³-hybridized carbons (Fsp3) is 0.739. The normalized spacial score (nSPS) is 22.7. The van der Waals surface area contributed by atoms with Gasteiger partial charge in [0.15, 0.2) is 11.6 Å². The number of sulfonamides is 1. The van der Waals surface area contributed by atoms with Crippen molar-refractivity contribution in [3.63, 3.8) is 0 Å². The summed E-state index contributed by atoms with van der Waals surface area (Å²) in [4.78, 5) is -0.405. The molecule has 1 unspecified atom stereocenters. The number of hydrogen-bond donors (Lipinski definition) is 2. The van der Waals surface area contributed by atoms with E-state index in [4.69, 9.17) is 4.74 Å². The van der Waals surface area contributed by atoms with Crippen molar-refractivity contribution in [1.29, 1.82) is 0 Å². The predicted octanol–water partition coefficient (Wildman–Crippen LogP) is 4.14. The van der Waals surface area contributed by atoms with E-state index in [-0.39, 0.29) is 37.3 Å². The quantitative estimate of drug-likeness (QED) is 0.592. The van der Waals surface area contributed by atoms with Crippen molar-refractivity contribution < 1.29 is 27.0 Å². The Balaban J connectivity index is 1.75. The maximum Gasteiger partial charge on any atom is 0.243 e. The molecule has 0 spiro atoms. The standard InChI is InChI=1S/C23H36F2N2O4S/c1-15(2)21(28)23(8-9-23)14-26-20-18(24)11-17(12-19(20)25)32(29,30)27-10-6-7-16(13-27)31-22(3,4)5/h11-12,15-16,21,26,28H,6-10,13-14H2,1-5H3/t16-,21?/m1/s1. The summed E-state index contributed by atoms with van der Waals surface area (Å²) in [6, 6.07) is 1.74. The summed E-state index contributed by atoms with van der Waals surface area (Å²) >= 11 is 0. The van der Waals surface area contributed by atoms with E-state index in [2.05, 4.69) is 5.32 Å². The molecule has 1 aromatic rings. The van der Waals surface area contributed by atoms with Crippen LogP contribution in [-0.4, -0.2) is 55.3 Å². The van der Waals surface area contributed by atoms with Gasteiger partial charge in [0.1, 0.15) is 5.69 Å². The van der Waals surface area contributed by atoms with Crippen LogP contribution in [0.5, 0.6) is 0 Å².